The number of nitrogens with one attached hydrogen (secondary N) is 1. The van der Waals surface area contributed by atoms with E-state index in [0.29, 0.717) is 24.1 Å². The van der Waals surface area contributed by atoms with E-state index in [4.69, 9.17) is 9.47 Å². The lowest BCUT2D eigenvalue weighted by Crippen LogP contribution is -2.12. The van der Waals surface area contributed by atoms with Gasteiger partial charge < -0.3 is 19.9 Å². The quantitative estimate of drug-likeness (QED) is 0.717. The molecule has 0 bridgehead atoms. The molecule has 2 N–H and O–H groups in total. The monoisotopic (exact) mass is 357 g/mol. The summed E-state index contributed by atoms with van der Waals surface area (Å²) >= 11 is 0. The first kappa shape index (κ1) is 19.5. The van der Waals surface area contributed by atoms with E-state index < -0.39 is 5.97 Å². The number of ether oxygens (including phenoxy) is 2. The van der Waals surface area contributed by atoms with Crippen LogP contribution in [0.25, 0.3) is 0 Å². The highest BCUT2D eigenvalue weighted by Crippen LogP contribution is 2.17. The average Bonchev–Trinajstić information content (AvgIpc) is 2.62. The SMILES string of the molecule is COCc1cc(NC(=O)CCCc2ccc(OC)cc2)cc(C(=O)O)c1. The summed E-state index contributed by atoms with van der Waals surface area (Å²) in [5.74, 6) is -0.390. The predicted octanol–water partition coefficient (Wildman–Crippen LogP) is 3.50. The molecule has 2 aromatic carbocycles. The largest absolute Gasteiger partial charge is 0.497 e. The fourth-order valence-corrected chi connectivity index (χ4v) is 2.61. The van der Waals surface area contributed by atoms with Gasteiger partial charge >= 0.3 is 5.97 Å². The van der Waals surface area contributed by atoms with E-state index in [1.807, 2.05) is 24.3 Å². The Bertz CT molecular complexity index is 755. The standard InChI is InChI=1S/C20H23NO5/c1-25-13-15-10-16(20(23)24)12-17(11-15)21-19(22)5-3-4-14-6-8-18(26-2)9-7-14/h6-12H,3-5,13H2,1-2H3,(H,21,22)(H,23,24). The maximum Gasteiger partial charge on any atom is 0.335 e. The van der Waals surface area contributed by atoms with Crippen molar-refractivity contribution in [3.8, 4) is 5.75 Å². The third-order valence-electron chi connectivity index (χ3n) is 3.86. The zero-order chi connectivity index (χ0) is 18.9. The Morgan fingerprint density at radius 3 is 2.38 bits per heavy atom. The minimum Gasteiger partial charge on any atom is -0.497 e. The van der Waals surface area contributed by atoms with Gasteiger partial charge in [0.2, 0.25) is 5.91 Å². The zero-order valence-corrected chi connectivity index (χ0v) is 15.0. The molecule has 0 aliphatic heterocycles. The second kappa shape index (κ2) is 9.58. The van der Waals surface area contributed by atoms with Crippen LogP contribution in [0.5, 0.6) is 5.75 Å². The van der Waals surface area contributed by atoms with E-state index in [-0.39, 0.29) is 18.1 Å². The van der Waals surface area contributed by atoms with Crippen LogP contribution in [0.3, 0.4) is 0 Å². The number of carboxylic acid groups (broad SMARTS) is 1. The molecule has 6 nitrogen and oxygen atoms in total. The first-order valence-corrected chi connectivity index (χ1v) is 8.31. The van der Waals surface area contributed by atoms with Gasteiger partial charge in [-0.3, -0.25) is 4.79 Å². The summed E-state index contributed by atoms with van der Waals surface area (Å²) in [6, 6.07) is 12.4. The average molecular weight is 357 g/mol. The van der Waals surface area contributed by atoms with Crippen LogP contribution in [0.2, 0.25) is 0 Å². The van der Waals surface area contributed by atoms with E-state index >= 15 is 0 Å². The van der Waals surface area contributed by atoms with Crippen molar-refractivity contribution in [3.05, 3.63) is 59.2 Å². The van der Waals surface area contributed by atoms with Gasteiger partial charge in [0.05, 0.1) is 19.3 Å². The lowest BCUT2D eigenvalue weighted by molar-refractivity contribution is -0.116. The minimum atomic E-state index is -1.04. The van der Waals surface area contributed by atoms with Crippen molar-refractivity contribution in [2.24, 2.45) is 0 Å². The van der Waals surface area contributed by atoms with Crippen molar-refractivity contribution in [2.75, 3.05) is 19.5 Å². The molecule has 0 aliphatic rings. The number of benzene rings is 2. The zero-order valence-electron chi connectivity index (χ0n) is 15.0. The number of rotatable bonds is 9. The molecule has 0 saturated carbocycles. The fourth-order valence-electron chi connectivity index (χ4n) is 2.61. The van der Waals surface area contributed by atoms with Crippen LogP contribution in [0, 0.1) is 0 Å². The summed E-state index contributed by atoms with van der Waals surface area (Å²) in [7, 11) is 3.15. The van der Waals surface area contributed by atoms with E-state index in [2.05, 4.69) is 5.32 Å². The molecule has 0 radical (unpaired) electrons. The summed E-state index contributed by atoms with van der Waals surface area (Å²) in [6.45, 7) is 0.279. The molecule has 0 aromatic heterocycles. The van der Waals surface area contributed by atoms with Gasteiger partial charge in [-0.25, -0.2) is 4.79 Å². The number of carbonyl (C=O) groups is 2. The molecular weight excluding hydrogens is 334 g/mol. The van der Waals surface area contributed by atoms with Gasteiger partial charge in [-0.1, -0.05) is 12.1 Å². The number of methoxy groups -OCH3 is 2. The Morgan fingerprint density at radius 1 is 1.04 bits per heavy atom. The van der Waals surface area contributed by atoms with Crippen molar-refractivity contribution in [2.45, 2.75) is 25.9 Å². The Hall–Kier alpha value is -2.86. The number of anilines is 1. The van der Waals surface area contributed by atoms with E-state index in [0.717, 1.165) is 17.7 Å². The Labute approximate surface area is 152 Å². The molecule has 1 amide bonds. The molecule has 2 rings (SSSR count). The molecule has 0 atom stereocenters. The number of hydrogen-bond donors (Lipinski definition) is 2. The molecule has 0 saturated heterocycles. The molecule has 0 unspecified atom stereocenters. The van der Waals surface area contributed by atoms with Crippen LogP contribution in [0.4, 0.5) is 5.69 Å². The Balaban J connectivity index is 1.90. The Kier molecular flexibility index (Phi) is 7.17. The van der Waals surface area contributed by atoms with Gasteiger partial charge in [-0.05, 0) is 54.3 Å². The summed E-state index contributed by atoms with van der Waals surface area (Å²) in [4.78, 5) is 23.4. The second-order valence-corrected chi connectivity index (χ2v) is 5.91. The highest BCUT2D eigenvalue weighted by Gasteiger charge is 2.09. The molecule has 138 valence electrons. The Morgan fingerprint density at radius 2 is 1.77 bits per heavy atom. The van der Waals surface area contributed by atoms with Crippen molar-refractivity contribution < 1.29 is 24.2 Å². The van der Waals surface area contributed by atoms with Crippen LogP contribution in [0.1, 0.15) is 34.3 Å². The highest BCUT2D eigenvalue weighted by molar-refractivity contribution is 5.94. The fraction of sp³-hybridized carbons (Fsp3) is 0.300. The van der Waals surface area contributed by atoms with Crippen molar-refractivity contribution in [1.82, 2.24) is 0 Å². The minimum absolute atomic E-state index is 0.119. The van der Waals surface area contributed by atoms with E-state index in [1.54, 1.807) is 13.2 Å². The number of hydrogen-bond acceptors (Lipinski definition) is 4. The van der Waals surface area contributed by atoms with Gasteiger partial charge in [0.1, 0.15) is 5.75 Å². The summed E-state index contributed by atoms with van der Waals surface area (Å²) in [5.41, 5.74) is 2.41. The summed E-state index contributed by atoms with van der Waals surface area (Å²) < 4.78 is 10.2. The van der Waals surface area contributed by atoms with Crippen LogP contribution >= 0.6 is 0 Å². The summed E-state index contributed by atoms with van der Waals surface area (Å²) in [6.07, 6.45) is 1.83. The van der Waals surface area contributed by atoms with Gasteiger partial charge in [-0.2, -0.15) is 0 Å². The van der Waals surface area contributed by atoms with Crippen molar-refractivity contribution in [3.63, 3.8) is 0 Å². The molecular formula is C20H23NO5. The topological polar surface area (TPSA) is 84.9 Å². The molecule has 0 aliphatic carbocycles. The third kappa shape index (κ3) is 5.89. The maximum atomic E-state index is 12.1. The number of aryl methyl sites for hydroxylation is 1. The maximum absolute atomic E-state index is 12.1. The van der Waals surface area contributed by atoms with Crippen LogP contribution in [-0.2, 0) is 22.6 Å². The normalized spacial score (nSPS) is 10.4. The van der Waals surface area contributed by atoms with Gasteiger partial charge in [0.25, 0.3) is 0 Å². The van der Waals surface area contributed by atoms with Gasteiger partial charge in [0, 0.05) is 19.2 Å². The third-order valence-corrected chi connectivity index (χ3v) is 3.86. The van der Waals surface area contributed by atoms with Crippen molar-refractivity contribution in [1.29, 1.82) is 0 Å². The first-order chi connectivity index (χ1) is 12.5. The number of carbonyl (C=O) groups excluding carboxylic acids is 1. The molecule has 0 spiro atoms. The predicted molar refractivity (Wildman–Crippen MR) is 98.7 cm³/mol. The molecule has 26 heavy (non-hydrogen) atoms. The first-order valence-electron chi connectivity index (χ1n) is 8.31. The van der Waals surface area contributed by atoms with E-state index in [1.165, 1.54) is 19.2 Å². The number of amides is 1. The van der Waals surface area contributed by atoms with Crippen LogP contribution in [-0.4, -0.2) is 31.2 Å². The number of aromatic carboxylic acids is 1. The molecule has 0 fully saturated rings. The lowest BCUT2D eigenvalue weighted by Gasteiger charge is -2.09. The smallest absolute Gasteiger partial charge is 0.335 e. The van der Waals surface area contributed by atoms with Gasteiger partial charge in [0.15, 0.2) is 0 Å². The van der Waals surface area contributed by atoms with Gasteiger partial charge in [-0.15, -0.1) is 0 Å². The summed E-state index contributed by atoms with van der Waals surface area (Å²) in [5, 5.41) is 11.9. The molecule has 2 aromatic rings. The van der Waals surface area contributed by atoms with E-state index in [9.17, 15) is 14.7 Å². The highest BCUT2D eigenvalue weighted by atomic mass is 16.5. The van der Waals surface area contributed by atoms with Crippen LogP contribution < -0.4 is 10.1 Å². The molecule has 0 heterocycles. The number of carboxylic acids is 1. The second-order valence-electron chi connectivity index (χ2n) is 5.91. The lowest BCUT2D eigenvalue weighted by atomic mass is 10.1. The molecule has 6 heteroatoms. The van der Waals surface area contributed by atoms with Crippen molar-refractivity contribution >= 4 is 17.6 Å². The van der Waals surface area contributed by atoms with Crippen LogP contribution in [0.15, 0.2) is 42.5 Å².